The molecule has 20 nitrogen and oxygen atoms in total. The molecule has 8 amide bonds. The summed E-state index contributed by atoms with van der Waals surface area (Å²) in [6.07, 6.45) is 7.35. The fraction of sp³-hybridized carbons (Fsp3) is 0.583. The Labute approximate surface area is 399 Å². The van der Waals surface area contributed by atoms with Crippen LogP contribution in [-0.4, -0.2) is 109 Å². The Balaban J connectivity index is 1.77. The van der Waals surface area contributed by atoms with E-state index >= 15 is 0 Å². The summed E-state index contributed by atoms with van der Waals surface area (Å²) in [6.45, 7) is 16.4. The minimum Gasteiger partial charge on any atom is -0.368 e. The van der Waals surface area contributed by atoms with Crippen LogP contribution in [0.15, 0.2) is 55.4 Å². The molecule has 2 aromatic heterocycles. The van der Waals surface area contributed by atoms with Crippen molar-refractivity contribution >= 4 is 47.3 Å². The molecule has 1 aromatic carbocycles. The molecule has 0 aliphatic rings. The molecule has 20 heteroatoms. The number of imidazole rings is 2. The zero-order valence-corrected chi connectivity index (χ0v) is 40.9. The number of carbonyl (C=O) groups is 8. The third-order valence-electron chi connectivity index (χ3n) is 10.9. The summed E-state index contributed by atoms with van der Waals surface area (Å²) in [5, 5.41) is 19.2. The number of hydrogen-bond acceptors (Lipinski definition) is 10. The summed E-state index contributed by atoms with van der Waals surface area (Å²) in [5.74, 6) is -5.24. The van der Waals surface area contributed by atoms with Crippen molar-refractivity contribution in [3.63, 3.8) is 0 Å². The molecule has 3 aromatic rings. The van der Waals surface area contributed by atoms with E-state index in [0.29, 0.717) is 24.2 Å². The van der Waals surface area contributed by atoms with E-state index in [1.165, 1.54) is 32.0 Å². The third-order valence-corrected chi connectivity index (χ3v) is 10.9. The average molecular weight is 947 g/mol. The first kappa shape index (κ1) is 55.7. The van der Waals surface area contributed by atoms with Gasteiger partial charge in [0.2, 0.25) is 47.3 Å². The fourth-order valence-corrected chi connectivity index (χ4v) is 7.41. The highest BCUT2D eigenvalue weighted by Crippen LogP contribution is 2.13. The number of hydrogen-bond donors (Lipinski definition) is 10. The number of amides is 8. The molecule has 2 unspecified atom stereocenters. The molecule has 68 heavy (non-hydrogen) atoms. The Morgan fingerprint density at radius 2 is 0.853 bits per heavy atom. The second-order valence-electron chi connectivity index (χ2n) is 19.1. The van der Waals surface area contributed by atoms with Gasteiger partial charge >= 0.3 is 0 Å². The highest BCUT2D eigenvalue weighted by atomic mass is 16.2. The second-order valence-corrected chi connectivity index (χ2v) is 19.1. The predicted molar refractivity (Wildman–Crippen MR) is 256 cm³/mol. The number of benzene rings is 1. The Bertz CT molecular complexity index is 2080. The van der Waals surface area contributed by atoms with Crippen molar-refractivity contribution in [3.05, 3.63) is 72.3 Å². The number of nitrogens with zero attached hydrogens (tertiary/aromatic N) is 2. The van der Waals surface area contributed by atoms with E-state index in [-0.39, 0.29) is 68.1 Å². The van der Waals surface area contributed by atoms with Crippen LogP contribution < -0.4 is 43.0 Å². The molecule has 7 atom stereocenters. The van der Waals surface area contributed by atoms with Crippen LogP contribution in [0.2, 0.25) is 0 Å². The lowest BCUT2D eigenvalue weighted by Gasteiger charge is -2.28. The van der Waals surface area contributed by atoms with Crippen molar-refractivity contribution < 1.29 is 38.4 Å². The molecule has 3 rings (SSSR count). The standard InChI is InChI=1S/C48H74N12O8/c1-27(2)17-35(42(49)62)56-45(65)37(19-29(5)6)59-48(68)40(22-34-24-51-26-53-34)60-47(67)38(20-30(7)8)58-46(66)36(18-28(3)4)57-43(63)31(9)54-44(64)39(21-33-23-50-25-52-33)55-41(61)16-15-32-13-11-10-12-14-32/h10-14,23-31,35-40H,15-22H2,1-9H3,(H2,49,62)(H,50,52)(H,51,53)(H,54,64)(H,55,61)(H,56,65)(H,57,63)(H,58,66)(H,59,68)(H,60,67)/t31-,35-,36-,37?,38?,39-,40-/m0/s1. The van der Waals surface area contributed by atoms with Gasteiger partial charge in [0.05, 0.1) is 12.7 Å². The SMILES string of the molecule is CC(C)CC(NC(=O)[C@H](Cc1cnc[nH]1)NC(=O)C(CC(C)C)NC(=O)[C@H](CC(C)C)NC(=O)[C@H](C)NC(=O)[C@H](Cc1cnc[nH]1)NC(=O)CCc1ccccc1)C(=O)N[C@@H](CC(C)C)C(N)=O. The van der Waals surface area contributed by atoms with E-state index < -0.39 is 83.6 Å². The fourth-order valence-electron chi connectivity index (χ4n) is 7.41. The number of rotatable bonds is 29. The van der Waals surface area contributed by atoms with Gasteiger partial charge in [0.1, 0.15) is 42.3 Å². The van der Waals surface area contributed by atoms with E-state index in [9.17, 15) is 38.4 Å². The van der Waals surface area contributed by atoms with Crippen molar-refractivity contribution in [1.82, 2.24) is 57.2 Å². The zero-order valence-electron chi connectivity index (χ0n) is 40.9. The van der Waals surface area contributed by atoms with Crippen LogP contribution in [0.5, 0.6) is 0 Å². The molecule has 0 bridgehead atoms. The van der Waals surface area contributed by atoms with E-state index in [2.05, 4.69) is 57.2 Å². The van der Waals surface area contributed by atoms with E-state index in [1.54, 1.807) is 0 Å². The van der Waals surface area contributed by atoms with Crippen LogP contribution in [-0.2, 0) is 57.6 Å². The first-order valence-corrected chi connectivity index (χ1v) is 23.5. The number of aryl methyl sites for hydroxylation is 1. The summed E-state index contributed by atoms with van der Waals surface area (Å²) in [5.41, 5.74) is 7.65. The maximum absolute atomic E-state index is 14.2. The van der Waals surface area contributed by atoms with Gasteiger partial charge in [-0.2, -0.15) is 0 Å². The Kier molecular flexibility index (Phi) is 22.9. The van der Waals surface area contributed by atoms with E-state index in [0.717, 1.165) is 5.56 Å². The molecule has 0 fully saturated rings. The molecule has 0 aliphatic heterocycles. The summed E-state index contributed by atoms with van der Waals surface area (Å²) in [4.78, 5) is 122. The minimum atomic E-state index is -1.25. The lowest BCUT2D eigenvalue weighted by atomic mass is 9.98. The highest BCUT2D eigenvalue weighted by Gasteiger charge is 2.34. The van der Waals surface area contributed by atoms with Crippen molar-refractivity contribution in [2.45, 2.75) is 156 Å². The molecule has 0 radical (unpaired) electrons. The summed E-state index contributed by atoms with van der Waals surface area (Å²) < 4.78 is 0. The molecule has 2 heterocycles. The minimum absolute atomic E-state index is 0.0434. The van der Waals surface area contributed by atoms with Crippen LogP contribution in [0.1, 0.15) is 111 Å². The van der Waals surface area contributed by atoms with Crippen molar-refractivity contribution in [1.29, 1.82) is 0 Å². The highest BCUT2D eigenvalue weighted by molar-refractivity contribution is 5.97. The summed E-state index contributed by atoms with van der Waals surface area (Å²) in [7, 11) is 0. The summed E-state index contributed by atoms with van der Waals surface area (Å²) in [6, 6.07) is 1.65. The number of aromatic amines is 2. The van der Waals surface area contributed by atoms with E-state index in [1.807, 2.05) is 85.7 Å². The van der Waals surface area contributed by atoms with Gasteiger partial charge in [0.15, 0.2) is 0 Å². The van der Waals surface area contributed by atoms with Crippen LogP contribution in [0.25, 0.3) is 0 Å². The largest absolute Gasteiger partial charge is 0.368 e. The Morgan fingerprint density at radius 1 is 0.485 bits per heavy atom. The Hall–Kier alpha value is -6.60. The number of carbonyl (C=O) groups excluding carboxylic acids is 8. The summed E-state index contributed by atoms with van der Waals surface area (Å²) >= 11 is 0. The molecule has 0 aliphatic carbocycles. The third kappa shape index (κ3) is 20.1. The number of nitrogens with one attached hydrogen (secondary N) is 9. The monoisotopic (exact) mass is 947 g/mol. The van der Waals surface area contributed by atoms with Gasteiger partial charge in [-0.25, -0.2) is 9.97 Å². The second kappa shape index (κ2) is 27.9. The first-order chi connectivity index (χ1) is 32.1. The topological polar surface area (TPSA) is 304 Å². The van der Waals surface area contributed by atoms with E-state index in [4.69, 9.17) is 5.73 Å². The van der Waals surface area contributed by atoms with Gasteiger partial charge < -0.3 is 52.9 Å². The van der Waals surface area contributed by atoms with Crippen molar-refractivity contribution in [3.8, 4) is 0 Å². The molecule has 0 saturated heterocycles. The normalized spacial score (nSPS) is 14.5. The molecule has 0 spiro atoms. The molecular formula is C48H74N12O8. The lowest BCUT2D eigenvalue weighted by molar-refractivity contribution is -0.136. The van der Waals surface area contributed by atoms with Gasteiger partial charge in [-0.15, -0.1) is 0 Å². The predicted octanol–water partition coefficient (Wildman–Crippen LogP) is 1.63. The first-order valence-electron chi connectivity index (χ1n) is 23.5. The number of nitrogens with two attached hydrogens (primary N) is 1. The zero-order chi connectivity index (χ0) is 50.5. The van der Waals surface area contributed by atoms with Crippen molar-refractivity contribution in [2.24, 2.45) is 29.4 Å². The lowest BCUT2D eigenvalue weighted by Crippen LogP contribution is -2.60. The number of aromatic nitrogens is 4. The van der Waals surface area contributed by atoms with Gasteiger partial charge in [0, 0.05) is 43.0 Å². The number of H-pyrrole nitrogens is 2. The van der Waals surface area contributed by atoms with Crippen LogP contribution in [0.4, 0.5) is 0 Å². The smallest absolute Gasteiger partial charge is 0.243 e. The van der Waals surface area contributed by atoms with Crippen LogP contribution >= 0.6 is 0 Å². The maximum Gasteiger partial charge on any atom is 0.243 e. The van der Waals surface area contributed by atoms with Crippen LogP contribution in [0, 0.1) is 23.7 Å². The molecule has 11 N–H and O–H groups in total. The van der Waals surface area contributed by atoms with Crippen molar-refractivity contribution in [2.75, 3.05) is 0 Å². The average Bonchev–Trinajstić information content (AvgIpc) is 3.99. The number of primary amides is 1. The van der Waals surface area contributed by atoms with Gasteiger partial charge in [-0.1, -0.05) is 85.7 Å². The van der Waals surface area contributed by atoms with Gasteiger partial charge in [-0.3, -0.25) is 38.4 Å². The maximum atomic E-state index is 14.2. The van der Waals surface area contributed by atoms with Gasteiger partial charge in [-0.05, 0) is 68.3 Å². The molecular weight excluding hydrogens is 873 g/mol. The quantitative estimate of drug-likeness (QED) is 0.0480. The van der Waals surface area contributed by atoms with Crippen LogP contribution in [0.3, 0.4) is 0 Å². The molecule has 374 valence electrons. The Morgan fingerprint density at radius 3 is 1.26 bits per heavy atom. The van der Waals surface area contributed by atoms with Gasteiger partial charge in [0.25, 0.3) is 0 Å². The molecule has 0 saturated carbocycles.